The fourth-order valence-corrected chi connectivity index (χ4v) is 3.67. The van der Waals surface area contributed by atoms with Gasteiger partial charge in [0.25, 0.3) is 0 Å². The molecule has 2 unspecified atom stereocenters. The lowest BCUT2D eigenvalue weighted by Crippen LogP contribution is -2.47. The van der Waals surface area contributed by atoms with Gasteiger partial charge in [0.05, 0.1) is 31.3 Å². The van der Waals surface area contributed by atoms with E-state index >= 15 is 0 Å². The average molecular weight is 262 g/mol. The van der Waals surface area contributed by atoms with E-state index in [9.17, 15) is 0 Å². The highest BCUT2D eigenvalue weighted by molar-refractivity contribution is 5.16. The molecular formula is C14H22N4O. The van der Waals surface area contributed by atoms with Gasteiger partial charge in [0.1, 0.15) is 0 Å². The number of rotatable bonds is 2. The molecule has 104 valence electrons. The molecule has 19 heavy (non-hydrogen) atoms. The van der Waals surface area contributed by atoms with Gasteiger partial charge in [-0.05, 0) is 19.4 Å². The fourth-order valence-electron chi connectivity index (χ4n) is 3.67. The van der Waals surface area contributed by atoms with Gasteiger partial charge in [-0.15, -0.1) is 0 Å². The SMILES string of the molecule is c1nc2c(n1CC1CN3CCCC3CO1)CCNC2. The summed E-state index contributed by atoms with van der Waals surface area (Å²) in [6.45, 7) is 6.22. The molecule has 1 N–H and O–H groups in total. The molecule has 1 aromatic heterocycles. The van der Waals surface area contributed by atoms with Crippen molar-refractivity contribution in [3.05, 3.63) is 17.7 Å². The van der Waals surface area contributed by atoms with Crippen LogP contribution < -0.4 is 5.32 Å². The maximum Gasteiger partial charge on any atom is 0.0953 e. The van der Waals surface area contributed by atoms with E-state index in [4.69, 9.17) is 4.74 Å². The Kier molecular flexibility index (Phi) is 3.06. The summed E-state index contributed by atoms with van der Waals surface area (Å²) in [5, 5.41) is 3.37. The number of imidazole rings is 1. The molecule has 2 atom stereocenters. The standard InChI is InChI=1S/C14H22N4O/c1-2-11-9-19-12(7-17(11)5-1)8-18-10-16-13-6-15-4-3-14(13)18/h10-12,15H,1-9H2. The Balaban J connectivity index is 1.45. The lowest BCUT2D eigenvalue weighted by Gasteiger charge is -2.35. The molecule has 1 aromatic rings. The van der Waals surface area contributed by atoms with Crippen molar-refractivity contribution in [2.24, 2.45) is 0 Å². The third kappa shape index (κ3) is 2.20. The summed E-state index contributed by atoms with van der Waals surface area (Å²) in [5.41, 5.74) is 2.63. The molecule has 0 aliphatic carbocycles. The topological polar surface area (TPSA) is 42.3 Å². The van der Waals surface area contributed by atoms with E-state index in [0.29, 0.717) is 12.1 Å². The van der Waals surface area contributed by atoms with Gasteiger partial charge >= 0.3 is 0 Å². The Morgan fingerprint density at radius 2 is 2.47 bits per heavy atom. The van der Waals surface area contributed by atoms with Crippen LogP contribution in [0.5, 0.6) is 0 Å². The van der Waals surface area contributed by atoms with Gasteiger partial charge in [-0.1, -0.05) is 0 Å². The second-order valence-corrected chi connectivity index (χ2v) is 5.96. The summed E-state index contributed by atoms with van der Waals surface area (Å²) in [4.78, 5) is 7.13. The molecule has 2 saturated heterocycles. The Bertz CT molecular complexity index is 458. The minimum Gasteiger partial charge on any atom is -0.373 e. The third-order valence-electron chi connectivity index (χ3n) is 4.73. The highest BCUT2D eigenvalue weighted by Crippen LogP contribution is 2.23. The van der Waals surface area contributed by atoms with Crippen LogP contribution in [0.2, 0.25) is 0 Å². The average Bonchev–Trinajstić information content (AvgIpc) is 3.06. The molecule has 0 aromatic carbocycles. The quantitative estimate of drug-likeness (QED) is 0.837. The van der Waals surface area contributed by atoms with E-state index < -0.39 is 0 Å². The highest BCUT2D eigenvalue weighted by Gasteiger charge is 2.32. The molecule has 5 heteroatoms. The van der Waals surface area contributed by atoms with Crippen LogP contribution in [0.4, 0.5) is 0 Å². The predicted molar refractivity (Wildman–Crippen MR) is 72.0 cm³/mol. The van der Waals surface area contributed by atoms with Gasteiger partial charge in [-0.3, -0.25) is 4.90 Å². The monoisotopic (exact) mass is 262 g/mol. The molecule has 0 saturated carbocycles. The zero-order valence-corrected chi connectivity index (χ0v) is 11.3. The molecule has 0 radical (unpaired) electrons. The van der Waals surface area contributed by atoms with E-state index in [0.717, 1.165) is 39.2 Å². The molecule has 0 spiro atoms. The van der Waals surface area contributed by atoms with Crippen molar-refractivity contribution in [2.45, 2.75) is 44.5 Å². The maximum absolute atomic E-state index is 6.05. The molecule has 2 fully saturated rings. The Morgan fingerprint density at radius 3 is 3.47 bits per heavy atom. The molecule has 0 amide bonds. The van der Waals surface area contributed by atoms with Crippen LogP contribution in [0.3, 0.4) is 0 Å². The molecule has 4 heterocycles. The molecule has 4 rings (SSSR count). The second kappa shape index (κ2) is 4.89. The number of nitrogens with zero attached hydrogens (tertiary/aromatic N) is 3. The summed E-state index contributed by atoms with van der Waals surface area (Å²) < 4.78 is 8.37. The molecule has 5 nitrogen and oxygen atoms in total. The summed E-state index contributed by atoms with van der Waals surface area (Å²) >= 11 is 0. The number of hydrogen-bond donors (Lipinski definition) is 1. The zero-order chi connectivity index (χ0) is 12.7. The number of ether oxygens (including phenoxy) is 1. The predicted octanol–water partition coefficient (Wildman–Crippen LogP) is 0.392. The minimum absolute atomic E-state index is 0.336. The maximum atomic E-state index is 6.05. The Morgan fingerprint density at radius 1 is 1.47 bits per heavy atom. The van der Waals surface area contributed by atoms with Gasteiger partial charge in [-0.25, -0.2) is 4.98 Å². The van der Waals surface area contributed by atoms with Crippen LogP contribution in [0, 0.1) is 0 Å². The van der Waals surface area contributed by atoms with Crippen molar-refractivity contribution in [1.82, 2.24) is 19.8 Å². The van der Waals surface area contributed by atoms with Crippen LogP contribution in [0.1, 0.15) is 24.2 Å². The van der Waals surface area contributed by atoms with E-state index in [1.54, 1.807) is 0 Å². The van der Waals surface area contributed by atoms with Crippen LogP contribution >= 0.6 is 0 Å². The van der Waals surface area contributed by atoms with Crippen molar-refractivity contribution in [3.63, 3.8) is 0 Å². The van der Waals surface area contributed by atoms with E-state index in [1.807, 2.05) is 6.33 Å². The van der Waals surface area contributed by atoms with Gasteiger partial charge in [-0.2, -0.15) is 0 Å². The number of morpholine rings is 1. The van der Waals surface area contributed by atoms with Gasteiger partial charge in [0.15, 0.2) is 0 Å². The van der Waals surface area contributed by atoms with Crippen LogP contribution in [-0.4, -0.2) is 52.8 Å². The van der Waals surface area contributed by atoms with Crippen molar-refractivity contribution in [3.8, 4) is 0 Å². The van der Waals surface area contributed by atoms with Gasteiger partial charge in [0.2, 0.25) is 0 Å². The summed E-state index contributed by atoms with van der Waals surface area (Å²) in [6, 6.07) is 0.692. The van der Waals surface area contributed by atoms with Crippen LogP contribution in [0.25, 0.3) is 0 Å². The lowest BCUT2D eigenvalue weighted by molar-refractivity contribution is -0.0554. The molecule has 3 aliphatic rings. The third-order valence-corrected chi connectivity index (χ3v) is 4.73. The number of hydrogen-bond acceptors (Lipinski definition) is 4. The second-order valence-electron chi connectivity index (χ2n) is 5.96. The first-order valence-corrected chi connectivity index (χ1v) is 7.49. The van der Waals surface area contributed by atoms with Crippen molar-refractivity contribution in [2.75, 3.05) is 26.2 Å². The highest BCUT2D eigenvalue weighted by atomic mass is 16.5. The first kappa shape index (κ1) is 11.9. The lowest BCUT2D eigenvalue weighted by atomic mass is 10.1. The minimum atomic E-state index is 0.336. The van der Waals surface area contributed by atoms with Crippen LogP contribution in [-0.2, 0) is 24.2 Å². The first-order valence-electron chi connectivity index (χ1n) is 7.49. The number of fused-ring (bicyclic) bond motifs is 2. The smallest absolute Gasteiger partial charge is 0.0953 e. The van der Waals surface area contributed by atoms with Crippen LogP contribution in [0.15, 0.2) is 6.33 Å². The Hall–Kier alpha value is -0.910. The van der Waals surface area contributed by atoms with Gasteiger partial charge < -0.3 is 14.6 Å². The molecule has 0 bridgehead atoms. The normalized spacial score (nSPS) is 31.2. The summed E-state index contributed by atoms with van der Waals surface area (Å²) in [7, 11) is 0. The molecule has 3 aliphatic heterocycles. The number of aromatic nitrogens is 2. The first-order chi connectivity index (χ1) is 9.40. The van der Waals surface area contributed by atoms with Crippen molar-refractivity contribution >= 4 is 0 Å². The van der Waals surface area contributed by atoms with Crippen molar-refractivity contribution in [1.29, 1.82) is 0 Å². The Labute approximate surface area is 113 Å². The molecular weight excluding hydrogens is 240 g/mol. The van der Waals surface area contributed by atoms with E-state index in [-0.39, 0.29) is 0 Å². The van der Waals surface area contributed by atoms with E-state index in [1.165, 1.54) is 30.8 Å². The van der Waals surface area contributed by atoms with Crippen molar-refractivity contribution < 1.29 is 4.74 Å². The largest absolute Gasteiger partial charge is 0.373 e. The summed E-state index contributed by atoms with van der Waals surface area (Å²) in [5.74, 6) is 0. The zero-order valence-electron chi connectivity index (χ0n) is 11.3. The number of nitrogens with one attached hydrogen (secondary N) is 1. The fraction of sp³-hybridized carbons (Fsp3) is 0.786. The van der Waals surface area contributed by atoms with Gasteiger partial charge in [0, 0.05) is 37.8 Å². The van der Waals surface area contributed by atoms with E-state index in [2.05, 4.69) is 19.8 Å². The summed E-state index contributed by atoms with van der Waals surface area (Å²) in [6.07, 6.45) is 6.08.